The molecule has 0 unspecified atom stereocenters. The van der Waals surface area contributed by atoms with E-state index >= 15 is 0 Å². The fourth-order valence-corrected chi connectivity index (χ4v) is 3.43. The Morgan fingerprint density at radius 1 is 1.14 bits per heavy atom. The van der Waals surface area contributed by atoms with Crippen LogP contribution in [0.5, 0.6) is 11.6 Å². The first-order valence-corrected chi connectivity index (χ1v) is 10.4. The minimum atomic E-state index is -0.408. The Hall–Kier alpha value is -2.64. The summed E-state index contributed by atoms with van der Waals surface area (Å²) in [4.78, 5) is 19.5. The van der Waals surface area contributed by atoms with Gasteiger partial charge in [0.25, 0.3) is 5.69 Å². The molecule has 0 spiro atoms. The molecular weight excluding hydrogens is 410 g/mol. The summed E-state index contributed by atoms with van der Waals surface area (Å²) in [7, 11) is 0. The number of ether oxygens (including phenoxy) is 1. The van der Waals surface area contributed by atoms with Crippen molar-refractivity contribution in [3.63, 3.8) is 0 Å². The maximum absolute atomic E-state index is 10.8. The summed E-state index contributed by atoms with van der Waals surface area (Å²) < 4.78 is 5.94. The third-order valence-corrected chi connectivity index (χ3v) is 5.50. The van der Waals surface area contributed by atoms with Gasteiger partial charge in [0, 0.05) is 29.0 Å². The molecule has 0 amide bonds. The number of non-ortho nitro benzene ring substituents is 1. The molecule has 150 valence electrons. The molecule has 2 aromatic carbocycles. The number of aryl methyl sites for hydroxylation is 1. The summed E-state index contributed by atoms with van der Waals surface area (Å²) in [6.07, 6.45) is 0. The molecule has 0 aliphatic rings. The van der Waals surface area contributed by atoms with Gasteiger partial charge in [0.1, 0.15) is 5.75 Å². The zero-order valence-corrected chi connectivity index (χ0v) is 17.8. The number of hydrogen-bond donors (Lipinski definition) is 0. The van der Waals surface area contributed by atoms with E-state index in [1.807, 2.05) is 19.1 Å². The molecule has 29 heavy (non-hydrogen) atoms. The van der Waals surface area contributed by atoms with E-state index < -0.39 is 4.92 Å². The van der Waals surface area contributed by atoms with Crippen molar-refractivity contribution in [1.82, 2.24) is 9.97 Å². The number of hydrogen-bond acceptors (Lipinski definition) is 6. The van der Waals surface area contributed by atoms with Gasteiger partial charge < -0.3 is 4.74 Å². The van der Waals surface area contributed by atoms with Crippen molar-refractivity contribution in [2.24, 2.45) is 0 Å². The first-order valence-electron chi connectivity index (χ1n) is 9.01. The number of nitro groups is 1. The molecule has 3 aromatic rings. The lowest BCUT2D eigenvalue weighted by atomic mass is 10.1. The Morgan fingerprint density at radius 2 is 1.86 bits per heavy atom. The highest BCUT2D eigenvalue weighted by Crippen LogP contribution is 2.29. The average Bonchev–Trinajstić information content (AvgIpc) is 2.69. The number of halogens is 1. The fraction of sp³-hybridized carbons (Fsp3) is 0.238. The van der Waals surface area contributed by atoms with Crippen LogP contribution in [0.3, 0.4) is 0 Å². The second-order valence-corrected chi connectivity index (χ2v) is 8.14. The molecule has 0 atom stereocenters. The van der Waals surface area contributed by atoms with E-state index in [0.717, 1.165) is 16.8 Å². The molecular formula is C21H20ClN3O3S. The summed E-state index contributed by atoms with van der Waals surface area (Å²) in [5, 5.41) is 12.1. The first-order chi connectivity index (χ1) is 13.8. The Bertz CT molecular complexity index is 1030. The minimum absolute atomic E-state index is 0.0748. The van der Waals surface area contributed by atoms with Gasteiger partial charge in [0.15, 0.2) is 5.16 Å². The summed E-state index contributed by atoms with van der Waals surface area (Å²) >= 11 is 7.54. The largest absolute Gasteiger partial charge is 0.439 e. The molecule has 0 fully saturated rings. The van der Waals surface area contributed by atoms with Crippen molar-refractivity contribution >= 4 is 29.1 Å². The number of thioether (sulfide) groups is 1. The van der Waals surface area contributed by atoms with Crippen LogP contribution in [0, 0.1) is 17.0 Å². The molecule has 6 nitrogen and oxygen atoms in total. The SMILES string of the molecule is Cc1cc(Oc2cc(C(C)C)nc(SCc3ccc([N+](=O)[O-])cc3)n2)ccc1Cl. The van der Waals surface area contributed by atoms with Crippen molar-refractivity contribution in [2.45, 2.75) is 37.6 Å². The van der Waals surface area contributed by atoms with E-state index in [0.29, 0.717) is 27.6 Å². The highest BCUT2D eigenvalue weighted by Gasteiger charge is 2.12. The smallest absolute Gasteiger partial charge is 0.269 e. The molecule has 0 saturated heterocycles. The molecule has 0 aliphatic heterocycles. The highest BCUT2D eigenvalue weighted by molar-refractivity contribution is 7.98. The van der Waals surface area contributed by atoms with Crippen molar-refractivity contribution in [3.05, 3.63) is 80.5 Å². The second kappa shape index (κ2) is 9.24. The van der Waals surface area contributed by atoms with Crippen LogP contribution in [0.1, 0.15) is 36.6 Å². The molecule has 3 rings (SSSR count). The van der Waals surface area contributed by atoms with Crippen LogP contribution in [0.2, 0.25) is 5.02 Å². The van der Waals surface area contributed by atoms with Gasteiger partial charge in [0.2, 0.25) is 5.88 Å². The summed E-state index contributed by atoms with van der Waals surface area (Å²) in [5.74, 6) is 1.94. The van der Waals surface area contributed by atoms with Crippen LogP contribution in [-0.4, -0.2) is 14.9 Å². The van der Waals surface area contributed by atoms with Gasteiger partial charge in [0.05, 0.1) is 10.6 Å². The Morgan fingerprint density at radius 3 is 2.48 bits per heavy atom. The average molecular weight is 430 g/mol. The second-order valence-electron chi connectivity index (χ2n) is 6.79. The maximum Gasteiger partial charge on any atom is 0.269 e. The predicted octanol–water partition coefficient (Wildman–Crippen LogP) is 6.55. The molecule has 0 bridgehead atoms. The van der Waals surface area contributed by atoms with Crippen LogP contribution >= 0.6 is 23.4 Å². The lowest BCUT2D eigenvalue weighted by molar-refractivity contribution is -0.384. The van der Waals surface area contributed by atoms with Crippen LogP contribution in [0.15, 0.2) is 53.7 Å². The molecule has 0 N–H and O–H groups in total. The van der Waals surface area contributed by atoms with Crippen molar-refractivity contribution in [2.75, 3.05) is 0 Å². The third kappa shape index (κ3) is 5.68. The van der Waals surface area contributed by atoms with E-state index in [1.165, 1.54) is 23.9 Å². The lowest BCUT2D eigenvalue weighted by Gasteiger charge is -2.11. The minimum Gasteiger partial charge on any atom is -0.439 e. The summed E-state index contributed by atoms with van der Waals surface area (Å²) in [6, 6.07) is 13.8. The molecule has 0 aliphatic carbocycles. The van der Waals surface area contributed by atoms with E-state index in [-0.39, 0.29) is 11.6 Å². The van der Waals surface area contributed by atoms with Crippen LogP contribution in [0.25, 0.3) is 0 Å². The number of nitrogens with zero attached hydrogens (tertiary/aromatic N) is 3. The van der Waals surface area contributed by atoms with Gasteiger partial charge in [-0.15, -0.1) is 0 Å². The lowest BCUT2D eigenvalue weighted by Crippen LogP contribution is -2.00. The van der Waals surface area contributed by atoms with Gasteiger partial charge in [-0.3, -0.25) is 10.1 Å². The van der Waals surface area contributed by atoms with Crippen LogP contribution in [-0.2, 0) is 5.75 Å². The van der Waals surface area contributed by atoms with Crippen LogP contribution in [0.4, 0.5) is 5.69 Å². The molecule has 1 aromatic heterocycles. The van der Waals surface area contributed by atoms with Gasteiger partial charge in [-0.05, 0) is 42.2 Å². The zero-order valence-electron chi connectivity index (χ0n) is 16.3. The predicted molar refractivity (Wildman–Crippen MR) is 115 cm³/mol. The number of rotatable bonds is 7. The summed E-state index contributed by atoms with van der Waals surface area (Å²) in [6.45, 7) is 6.03. The Kier molecular flexibility index (Phi) is 6.71. The number of aromatic nitrogens is 2. The first kappa shape index (κ1) is 21.1. The van der Waals surface area contributed by atoms with Crippen molar-refractivity contribution < 1.29 is 9.66 Å². The normalized spacial score (nSPS) is 10.9. The van der Waals surface area contributed by atoms with Gasteiger partial charge >= 0.3 is 0 Å². The molecule has 0 radical (unpaired) electrons. The highest BCUT2D eigenvalue weighted by atomic mass is 35.5. The molecule has 0 saturated carbocycles. The van der Waals surface area contributed by atoms with Gasteiger partial charge in [-0.1, -0.05) is 49.3 Å². The fourth-order valence-electron chi connectivity index (χ4n) is 2.50. The Balaban J connectivity index is 1.78. The van der Waals surface area contributed by atoms with E-state index in [9.17, 15) is 10.1 Å². The molecule has 8 heteroatoms. The molecule has 1 heterocycles. The summed E-state index contributed by atoms with van der Waals surface area (Å²) in [5.41, 5.74) is 2.84. The zero-order chi connectivity index (χ0) is 21.0. The third-order valence-electron chi connectivity index (χ3n) is 4.16. The van der Waals surface area contributed by atoms with Crippen LogP contribution < -0.4 is 4.74 Å². The van der Waals surface area contributed by atoms with E-state index in [4.69, 9.17) is 16.3 Å². The monoisotopic (exact) mass is 429 g/mol. The van der Waals surface area contributed by atoms with Gasteiger partial charge in [-0.2, -0.15) is 4.98 Å². The van der Waals surface area contributed by atoms with E-state index in [1.54, 1.807) is 24.3 Å². The van der Waals surface area contributed by atoms with Crippen molar-refractivity contribution in [1.29, 1.82) is 0 Å². The number of nitro benzene ring substituents is 1. The van der Waals surface area contributed by atoms with Gasteiger partial charge in [-0.25, -0.2) is 4.98 Å². The maximum atomic E-state index is 10.8. The quantitative estimate of drug-likeness (QED) is 0.183. The van der Waals surface area contributed by atoms with E-state index in [2.05, 4.69) is 23.8 Å². The topological polar surface area (TPSA) is 78.2 Å². The standard InChI is InChI=1S/C21H20ClN3O3S/c1-13(2)19-11-20(28-17-8-9-18(22)14(3)10-17)24-21(23-19)29-12-15-4-6-16(7-5-15)25(26)27/h4-11,13H,12H2,1-3H3. The van der Waals surface area contributed by atoms with Crippen molar-refractivity contribution in [3.8, 4) is 11.6 Å². The number of benzene rings is 2. The Labute approximate surface area is 178 Å².